The Labute approximate surface area is 115 Å². The molecule has 0 fully saturated rings. The fourth-order valence-corrected chi connectivity index (χ4v) is 2.71. The molecule has 4 heteroatoms. The van der Waals surface area contributed by atoms with Crippen molar-refractivity contribution in [3.63, 3.8) is 0 Å². The Morgan fingerprint density at radius 2 is 1.89 bits per heavy atom. The third-order valence-electron chi connectivity index (χ3n) is 2.89. The van der Waals surface area contributed by atoms with E-state index in [4.69, 9.17) is 13.9 Å². The number of aryl methyl sites for hydroxylation is 1. The molecule has 1 unspecified atom stereocenters. The summed E-state index contributed by atoms with van der Waals surface area (Å²) in [6.45, 7) is 1.94. The number of hydrogen-bond donors (Lipinski definition) is 0. The first kappa shape index (κ1) is 13.0. The second kappa shape index (κ2) is 5.48. The highest BCUT2D eigenvalue weighted by atomic mass is 79.9. The van der Waals surface area contributed by atoms with Gasteiger partial charge in [0, 0.05) is 17.2 Å². The van der Waals surface area contributed by atoms with E-state index in [1.807, 2.05) is 31.2 Å². The summed E-state index contributed by atoms with van der Waals surface area (Å²) in [7, 11) is 3.29. The predicted octanol–water partition coefficient (Wildman–Crippen LogP) is 4.09. The Morgan fingerprint density at radius 1 is 1.11 bits per heavy atom. The highest BCUT2D eigenvalue weighted by molar-refractivity contribution is 9.09. The molecule has 18 heavy (non-hydrogen) atoms. The summed E-state index contributed by atoms with van der Waals surface area (Å²) in [6, 6.07) is 7.74. The first-order chi connectivity index (χ1) is 8.67. The Balaban J connectivity index is 2.41. The van der Waals surface area contributed by atoms with Crippen molar-refractivity contribution in [2.24, 2.45) is 0 Å². The van der Waals surface area contributed by atoms with Gasteiger partial charge in [0.15, 0.2) is 0 Å². The van der Waals surface area contributed by atoms with Crippen LogP contribution in [0.1, 0.15) is 21.7 Å². The highest BCUT2D eigenvalue weighted by Crippen LogP contribution is 2.39. The fourth-order valence-electron chi connectivity index (χ4n) is 1.85. The topological polar surface area (TPSA) is 31.6 Å². The molecule has 0 radical (unpaired) electrons. The van der Waals surface area contributed by atoms with Gasteiger partial charge < -0.3 is 13.9 Å². The molecule has 2 aromatic rings. The first-order valence-corrected chi connectivity index (χ1v) is 6.49. The number of benzene rings is 1. The minimum atomic E-state index is 0.0390. The van der Waals surface area contributed by atoms with E-state index < -0.39 is 0 Å². The van der Waals surface area contributed by atoms with Gasteiger partial charge in [0.25, 0.3) is 0 Å². The van der Waals surface area contributed by atoms with Gasteiger partial charge in [0.2, 0.25) is 0 Å². The fraction of sp³-hybridized carbons (Fsp3) is 0.286. The van der Waals surface area contributed by atoms with Gasteiger partial charge in [-0.05, 0) is 19.1 Å². The van der Waals surface area contributed by atoms with Crippen LogP contribution in [0, 0.1) is 6.92 Å². The molecule has 0 aliphatic rings. The van der Waals surface area contributed by atoms with Crippen LogP contribution in [0.4, 0.5) is 0 Å². The van der Waals surface area contributed by atoms with Gasteiger partial charge in [-0.1, -0.05) is 22.0 Å². The summed E-state index contributed by atoms with van der Waals surface area (Å²) in [5, 5.41) is 0. The summed E-state index contributed by atoms with van der Waals surface area (Å²) < 4.78 is 15.9. The number of ether oxygens (including phenoxy) is 2. The molecule has 1 aromatic carbocycles. The minimum Gasteiger partial charge on any atom is -0.497 e. The van der Waals surface area contributed by atoms with Crippen LogP contribution in [0.25, 0.3) is 0 Å². The van der Waals surface area contributed by atoms with Crippen LogP contribution in [0.5, 0.6) is 11.5 Å². The molecule has 0 aliphatic carbocycles. The van der Waals surface area contributed by atoms with Crippen molar-refractivity contribution < 1.29 is 13.9 Å². The summed E-state index contributed by atoms with van der Waals surface area (Å²) >= 11 is 3.68. The number of hydrogen-bond acceptors (Lipinski definition) is 3. The maximum atomic E-state index is 5.41. The molecule has 0 saturated carbocycles. The summed E-state index contributed by atoms with van der Waals surface area (Å²) in [5.74, 6) is 2.46. The van der Waals surface area contributed by atoms with Gasteiger partial charge in [-0.25, -0.2) is 0 Å². The van der Waals surface area contributed by atoms with E-state index in [9.17, 15) is 0 Å². The zero-order chi connectivity index (χ0) is 13.1. The minimum absolute atomic E-state index is 0.0390. The smallest absolute Gasteiger partial charge is 0.127 e. The molecule has 96 valence electrons. The molecular formula is C14H15BrO3. The molecular weight excluding hydrogens is 296 g/mol. The third-order valence-corrected chi connectivity index (χ3v) is 3.87. The van der Waals surface area contributed by atoms with Crippen LogP contribution in [0.15, 0.2) is 34.9 Å². The summed E-state index contributed by atoms with van der Waals surface area (Å²) in [4.78, 5) is 0.0390. The Morgan fingerprint density at radius 3 is 2.44 bits per heavy atom. The highest BCUT2D eigenvalue weighted by Gasteiger charge is 2.19. The van der Waals surface area contributed by atoms with Gasteiger partial charge in [-0.15, -0.1) is 0 Å². The molecule has 3 nitrogen and oxygen atoms in total. The lowest BCUT2D eigenvalue weighted by Crippen LogP contribution is -1.98. The summed E-state index contributed by atoms with van der Waals surface area (Å²) in [6.07, 6.45) is 1.69. The average molecular weight is 311 g/mol. The number of methoxy groups -OCH3 is 2. The van der Waals surface area contributed by atoms with Crippen molar-refractivity contribution in [1.82, 2.24) is 0 Å². The average Bonchev–Trinajstić information content (AvgIpc) is 2.83. The van der Waals surface area contributed by atoms with E-state index in [1.54, 1.807) is 20.5 Å². The van der Waals surface area contributed by atoms with Gasteiger partial charge in [-0.3, -0.25) is 0 Å². The van der Waals surface area contributed by atoms with Crippen LogP contribution >= 0.6 is 15.9 Å². The maximum Gasteiger partial charge on any atom is 0.127 e. The van der Waals surface area contributed by atoms with Crippen LogP contribution in [-0.4, -0.2) is 14.2 Å². The predicted molar refractivity (Wildman–Crippen MR) is 73.8 cm³/mol. The van der Waals surface area contributed by atoms with E-state index in [2.05, 4.69) is 15.9 Å². The number of alkyl halides is 1. The summed E-state index contributed by atoms with van der Waals surface area (Å²) in [5.41, 5.74) is 2.14. The van der Waals surface area contributed by atoms with E-state index in [1.165, 1.54) is 0 Å². The third kappa shape index (κ3) is 2.38. The standard InChI is InChI=1S/C14H15BrO3/c1-9-11(6-7-18-9)14(15)12-5-4-10(16-2)8-13(12)17-3/h4-8,14H,1-3H3. The molecule has 2 rings (SSSR count). The molecule has 0 spiro atoms. The van der Waals surface area contributed by atoms with Gasteiger partial charge in [0.05, 0.1) is 25.3 Å². The first-order valence-electron chi connectivity index (χ1n) is 5.57. The van der Waals surface area contributed by atoms with Crippen molar-refractivity contribution in [2.45, 2.75) is 11.8 Å². The monoisotopic (exact) mass is 310 g/mol. The quantitative estimate of drug-likeness (QED) is 0.797. The molecule has 1 aromatic heterocycles. The lowest BCUT2D eigenvalue weighted by molar-refractivity contribution is 0.391. The lowest BCUT2D eigenvalue weighted by atomic mass is 10.0. The van der Waals surface area contributed by atoms with Crippen molar-refractivity contribution in [1.29, 1.82) is 0 Å². The van der Waals surface area contributed by atoms with Crippen LogP contribution in [0.3, 0.4) is 0 Å². The number of furan rings is 1. The van der Waals surface area contributed by atoms with E-state index >= 15 is 0 Å². The second-order valence-electron chi connectivity index (χ2n) is 3.90. The molecule has 0 saturated heterocycles. The molecule has 0 bridgehead atoms. The molecule has 1 heterocycles. The van der Waals surface area contributed by atoms with E-state index in [0.29, 0.717) is 0 Å². The Hall–Kier alpha value is -1.42. The normalized spacial score (nSPS) is 12.2. The zero-order valence-corrected chi connectivity index (χ0v) is 12.2. The number of rotatable bonds is 4. The van der Waals surface area contributed by atoms with Gasteiger partial charge in [0.1, 0.15) is 17.3 Å². The van der Waals surface area contributed by atoms with Gasteiger partial charge >= 0.3 is 0 Å². The molecule has 0 N–H and O–H groups in total. The van der Waals surface area contributed by atoms with Crippen LogP contribution in [-0.2, 0) is 0 Å². The number of halogens is 1. The zero-order valence-electron chi connectivity index (χ0n) is 10.6. The van der Waals surface area contributed by atoms with E-state index in [-0.39, 0.29) is 4.83 Å². The lowest BCUT2D eigenvalue weighted by Gasteiger charge is -2.15. The van der Waals surface area contributed by atoms with Crippen molar-refractivity contribution >= 4 is 15.9 Å². The largest absolute Gasteiger partial charge is 0.497 e. The van der Waals surface area contributed by atoms with Crippen molar-refractivity contribution in [3.05, 3.63) is 47.4 Å². The van der Waals surface area contributed by atoms with Crippen molar-refractivity contribution in [2.75, 3.05) is 14.2 Å². The van der Waals surface area contributed by atoms with E-state index in [0.717, 1.165) is 28.4 Å². The maximum absolute atomic E-state index is 5.41. The second-order valence-corrected chi connectivity index (χ2v) is 4.82. The SMILES string of the molecule is COc1ccc(C(Br)c2ccoc2C)c(OC)c1. The van der Waals surface area contributed by atoms with Crippen molar-refractivity contribution in [3.8, 4) is 11.5 Å². The van der Waals surface area contributed by atoms with Gasteiger partial charge in [-0.2, -0.15) is 0 Å². The molecule has 0 aliphatic heterocycles. The molecule has 0 amide bonds. The van der Waals surface area contributed by atoms with Crippen LogP contribution < -0.4 is 9.47 Å². The Bertz CT molecular complexity index is 534. The van der Waals surface area contributed by atoms with Crippen LogP contribution in [0.2, 0.25) is 0 Å². The molecule has 1 atom stereocenters. The Kier molecular flexibility index (Phi) is 3.97.